The topological polar surface area (TPSA) is 101 Å². The number of fused-ring (bicyclic) bond motifs is 1. The normalized spacial score (nSPS) is 24.9. The molecule has 18 heavy (non-hydrogen) atoms. The van der Waals surface area contributed by atoms with E-state index in [0.29, 0.717) is 0 Å². The van der Waals surface area contributed by atoms with Crippen molar-refractivity contribution >= 4 is 22.2 Å². The van der Waals surface area contributed by atoms with Gasteiger partial charge in [-0.25, -0.2) is 13.2 Å². The fourth-order valence-electron chi connectivity index (χ4n) is 2.16. The van der Waals surface area contributed by atoms with E-state index in [1.54, 1.807) is 6.07 Å². The summed E-state index contributed by atoms with van der Waals surface area (Å²) >= 11 is 0. The van der Waals surface area contributed by atoms with Gasteiger partial charge in [0.05, 0.1) is 10.6 Å². The molecule has 1 aromatic rings. The van der Waals surface area contributed by atoms with E-state index in [1.807, 2.05) is 0 Å². The van der Waals surface area contributed by atoms with E-state index in [4.69, 9.17) is 0 Å². The Hall–Kier alpha value is -1.89. The zero-order valence-corrected chi connectivity index (χ0v) is 10.1. The maximum atomic E-state index is 11.9. The van der Waals surface area contributed by atoms with E-state index >= 15 is 0 Å². The molecule has 1 amide bonds. The summed E-state index contributed by atoms with van der Waals surface area (Å²) in [6, 6.07) is 5.84. The van der Waals surface area contributed by atoms with E-state index in [1.165, 1.54) is 18.2 Å². The Bertz CT molecular complexity index is 610. The van der Waals surface area contributed by atoms with E-state index in [2.05, 4.69) is 5.32 Å². The van der Waals surface area contributed by atoms with E-state index < -0.39 is 21.3 Å². The van der Waals surface area contributed by atoms with Crippen molar-refractivity contribution in [2.24, 2.45) is 0 Å². The molecule has 1 unspecified atom stereocenters. The van der Waals surface area contributed by atoms with Crippen molar-refractivity contribution in [3.8, 4) is 0 Å². The molecular formula is C11H11NO5S. The van der Waals surface area contributed by atoms with Crippen LogP contribution in [-0.2, 0) is 25.0 Å². The molecule has 0 radical (unpaired) electrons. The highest BCUT2D eigenvalue weighted by molar-refractivity contribution is 7.91. The molecule has 0 bridgehead atoms. The summed E-state index contributed by atoms with van der Waals surface area (Å²) in [6.45, 7) is 0. The molecule has 7 heteroatoms. The van der Waals surface area contributed by atoms with Crippen molar-refractivity contribution < 1.29 is 23.1 Å². The molecule has 1 aliphatic rings. The quantitative estimate of drug-likeness (QED) is 0.746. The molecule has 2 N–H and O–H groups in total. The number of hydrogen-bond donors (Lipinski definition) is 2. The molecule has 0 fully saturated rings. The summed E-state index contributed by atoms with van der Waals surface area (Å²) in [5, 5.41) is 11.6. The number of rotatable bonds is 3. The van der Waals surface area contributed by atoms with Crippen LogP contribution in [0.4, 0.5) is 0 Å². The third-order valence-electron chi connectivity index (χ3n) is 3.10. The van der Waals surface area contributed by atoms with Crippen LogP contribution in [0.1, 0.15) is 12.0 Å². The number of sulfone groups is 1. The van der Waals surface area contributed by atoms with E-state index in [-0.39, 0.29) is 29.0 Å². The van der Waals surface area contributed by atoms with Crippen LogP contribution in [0.3, 0.4) is 0 Å². The predicted molar refractivity (Wildman–Crippen MR) is 61.6 cm³/mol. The lowest BCUT2D eigenvalue weighted by atomic mass is 9.87. The SMILES string of the molecule is O=CNC1(C(=O)O)CCS(=O)(=O)c2ccccc21. The molecule has 1 aliphatic heterocycles. The maximum absolute atomic E-state index is 11.9. The first-order valence-electron chi connectivity index (χ1n) is 5.21. The van der Waals surface area contributed by atoms with Gasteiger partial charge in [-0.05, 0) is 12.5 Å². The molecule has 0 aromatic heterocycles. The smallest absolute Gasteiger partial charge is 0.334 e. The summed E-state index contributed by atoms with van der Waals surface area (Å²) in [5.41, 5.74) is -1.56. The molecule has 1 atom stereocenters. The van der Waals surface area contributed by atoms with Crippen molar-refractivity contribution in [2.75, 3.05) is 5.75 Å². The fraction of sp³-hybridized carbons (Fsp3) is 0.273. The average Bonchev–Trinajstić information content (AvgIpc) is 2.33. The van der Waals surface area contributed by atoms with E-state index in [0.717, 1.165) is 0 Å². The van der Waals surface area contributed by atoms with Gasteiger partial charge in [0.25, 0.3) is 0 Å². The number of carboxylic acid groups (broad SMARTS) is 1. The molecule has 96 valence electrons. The highest BCUT2D eigenvalue weighted by atomic mass is 32.2. The van der Waals surface area contributed by atoms with Gasteiger partial charge in [0.15, 0.2) is 15.4 Å². The van der Waals surface area contributed by atoms with Gasteiger partial charge in [0.2, 0.25) is 6.41 Å². The molecule has 1 aromatic carbocycles. The monoisotopic (exact) mass is 269 g/mol. The van der Waals surface area contributed by atoms with Gasteiger partial charge in [-0.15, -0.1) is 0 Å². The first-order valence-corrected chi connectivity index (χ1v) is 6.86. The third kappa shape index (κ3) is 1.67. The molecule has 1 heterocycles. The zero-order valence-electron chi connectivity index (χ0n) is 9.29. The Morgan fingerprint density at radius 1 is 1.39 bits per heavy atom. The van der Waals surface area contributed by atoms with Crippen LogP contribution < -0.4 is 5.32 Å². The number of hydrogen-bond acceptors (Lipinski definition) is 4. The van der Waals surface area contributed by atoms with Gasteiger partial charge in [-0.1, -0.05) is 18.2 Å². The number of amides is 1. The van der Waals surface area contributed by atoms with Gasteiger partial charge in [0.1, 0.15) is 0 Å². The highest BCUT2D eigenvalue weighted by Gasteiger charge is 2.47. The summed E-state index contributed by atoms with van der Waals surface area (Å²) in [7, 11) is -3.48. The second-order valence-electron chi connectivity index (χ2n) is 4.04. The molecule has 0 saturated heterocycles. The first-order chi connectivity index (χ1) is 8.44. The third-order valence-corrected chi connectivity index (χ3v) is 4.87. The molecular weight excluding hydrogens is 258 g/mol. The largest absolute Gasteiger partial charge is 0.479 e. The molecule has 6 nitrogen and oxygen atoms in total. The minimum absolute atomic E-state index is 0.0343. The van der Waals surface area contributed by atoms with Gasteiger partial charge < -0.3 is 10.4 Å². The average molecular weight is 269 g/mol. The fourth-order valence-corrected chi connectivity index (χ4v) is 3.81. The summed E-state index contributed by atoms with van der Waals surface area (Å²) in [4.78, 5) is 22.0. The van der Waals surface area contributed by atoms with Crippen LogP contribution in [0.25, 0.3) is 0 Å². The van der Waals surface area contributed by atoms with Gasteiger partial charge >= 0.3 is 5.97 Å². The summed E-state index contributed by atoms with van der Waals surface area (Å²) in [6.07, 6.45) is 0.100. The highest BCUT2D eigenvalue weighted by Crippen LogP contribution is 2.36. The van der Waals surface area contributed by atoms with Crippen LogP contribution in [0.5, 0.6) is 0 Å². The Morgan fingerprint density at radius 2 is 2.06 bits per heavy atom. The van der Waals surface area contributed by atoms with E-state index in [9.17, 15) is 23.1 Å². The lowest BCUT2D eigenvalue weighted by Crippen LogP contribution is -2.52. The Kier molecular flexibility index (Phi) is 2.86. The second kappa shape index (κ2) is 4.09. The summed E-state index contributed by atoms with van der Waals surface area (Å²) < 4.78 is 23.8. The van der Waals surface area contributed by atoms with Crippen molar-refractivity contribution in [1.29, 1.82) is 0 Å². The van der Waals surface area contributed by atoms with Crippen LogP contribution in [0, 0.1) is 0 Å². The second-order valence-corrected chi connectivity index (χ2v) is 6.12. The molecule has 0 spiro atoms. The van der Waals surface area contributed by atoms with Crippen LogP contribution in [0.15, 0.2) is 29.2 Å². The van der Waals surface area contributed by atoms with Crippen LogP contribution in [0.2, 0.25) is 0 Å². The van der Waals surface area contributed by atoms with Crippen molar-refractivity contribution in [3.05, 3.63) is 29.8 Å². The Balaban J connectivity index is 2.74. The van der Waals surface area contributed by atoms with Crippen LogP contribution >= 0.6 is 0 Å². The van der Waals surface area contributed by atoms with Gasteiger partial charge in [-0.3, -0.25) is 4.79 Å². The zero-order chi connectivity index (χ0) is 13.4. The maximum Gasteiger partial charge on any atom is 0.334 e. The minimum atomic E-state index is -3.48. The Morgan fingerprint density at radius 3 is 2.67 bits per heavy atom. The number of aliphatic carboxylic acids is 1. The number of carbonyl (C=O) groups excluding carboxylic acids is 1. The van der Waals surface area contributed by atoms with Gasteiger partial charge in [0, 0.05) is 5.56 Å². The summed E-state index contributed by atoms with van der Waals surface area (Å²) in [5.74, 6) is -1.58. The molecule has 0 aliphatic carbocycles. The standard InChI is InChI=1S/C11H11NO5S/c13-7-12-11(10(14)15)5-6-18(16,17)9-4-2-1-3-8(9)11/h1-4,7H,5-6H2,(H,12,13)(H,14,15). The molecule has 2 rings (SSSR count). The van der Waals surface area contributed by atoms with Crippen LogP contribution in [-0.4, -0.2) is 31.7 Å². The number of benzene rings is 1. The van der Waals surface area contributed by atoms with Crippen molar-refractivity contribution in [3.63, 3.8) is 0 Å². The lowest BCUT2D eigenvalue weighted by Gasteiger charge is -2.34. The number of carbonyl (C=O) groups is 2. The van der Waals surface area contributed by atoms with Gasteiger partial charge in [-0.2, -0.15) is 0 Å². The number of carboxylic acids is 1. The van der Waals surface area contributed by atoms with Crippen molar-refractivity contribution in [1.82, 2.24) is 5.32 Å². The lowest BCUT2D eigenvalue weighted by molar-refractivity contribution is -0.147. The number of nitrogens with one attached hydrogen (secondary N) is 1. The Labute approximate surface area is 104 Å². The van der Waals surface area contributed by atoms with Crippen molar-refractivity contribution in [2.45, 2.75) is 16.9 Å². The minimum Gasteiger partial charge on any atom is -0.479 e. The first kappa shape index (κ1) is 12.6. The predicted octanol–water partition coefficient (Wildman–Crippen LogP) is -0.110. The molecule has 0 saturated carbocycles.